The summed E-state index contributed by atoms with van der Waals surface area (Å²) in [6.45, 7) is 4.98. The first kappa shape index (κ1) is 13.4. The van der Waals surface area contributed by atoms with Gasteiger partial charge in [0, 0.05) is 12.1 Å². The van der Waals surface area contributed by atoms with E-state index in [1.54, 1.807) is 13.0 Å². The monoisotopic (exact) mass is 307 g/mol. The van der Waals surface area contributed by atoms with Crippen LogP contribution in [0.1, 0.15) is 24.3 Å². The smallest absolute Gasteiger partial charge is 0.403 e. The van der Waals surface area contributed by atoms with E-state index in [0.717, 1.165) is 6.54 Å². The van der Waals surface area contributed by atoms with E-state index >= 15 is 0 Å². The fourth-order valence-corrected chi connectivity index (χ4v) is 1.14. The summed E-state index contributed by atoms with van der Waals surface area (Å²) in [5.41, 5.74) is 0.604. The van der Waals surface area contributed by atoms with Gasteiger partial charge in [0.1, 0.15) is 6.54 Å². The van der Waals surface area contributed by atoms with Crippen molar-refractivity contribution in [1.29, 1.82) is 0 Å². The average molecular weight is 307 g/mol. The van der Waals surface area contributed by atoms with Crippen molar-refractivity contribution in [3.8, 4) is 0 Å². The Kier molecular flexibility index (Phi) is 6.44. The predicted molar refractivity (Wildman–Crippen MR) is 48.3 cm³/mol. The lowest BCUT2D eigenvalue weighted by molar-refractivity contribution is -0.696. The van der Waals surface area contributed by atoms with Crippen LogP contribution in [-0.4, -0.2) is 12.6 Å². The van der Waals surface area contributed by atoms with Crippen molar-refractivity contribution < 1.29 is 38.1 Å². The first-order valence-electron chi connectivity index (χ1n) is 4.45. The number of aromatic nitrogens is 1. The third-order valence-electron chi connectivity index (χ3n) is 1.77. The number of nitrogens with zero attached hydrogens (tertiary/aromatic N) is 1. The van der Waals surface area contributed by atoms with Gasteiger partial charge in [0.25, 0.3) is 5.69 Å². The van der Waals surface area contributed by atoms with Crippen molar-refractivity contribution in [2.24, 2.45) is 0 Å². The van der Waals surface area contributed by atoms with Gasteiger partial charge < -0.3 is 28.7 Å². The van der Waals surface area contributed by atoms with E-state index < -0.39 is 0 Å². The van der Waals surface area contributed by atoms with Crippen LogP contribution in [0.15, 0.2) is 24.4 Å². The highest BCUT2D eigenvalue weighted by molar-refractivity contribution is 5.85. The molecule has 0 bridgehead atoms. The van der Waals surface area contributed by atoms with E-state index in [-0.39, 0.29) is 29.9 Å². The van der Waals surface area contributed by atoms with E-state index in [0.29, 0.717) is 12.3 Å². The summed E-state index contributed by atoms with van der Waals surface area (Å²) >= 11 is 0. The van der Waals surface area contributed by atoms with Crippen LogP contribution < -0.4 is 28.5 Å². The van der Waals surface area contributed by atoms with E-state index in [4.69, 9.17) is 4.74 Å². The minimum absolute atomic E-state index is 0. The standard InChI is InChI=1S/C10H14NO2.HI/c1-3-11-8-6-5-7-9(11)10(12)13-4-2;/h5-8H,3-4H2,1-2H3;1H/q+1;/p-1. The summed E-state index contributed by atoms with van der Waals surface area (Å²) in [6.07, 6.45) is 1.87. The van der Waals surface area contributed by atoms with Gasteiger partial charge in [-0.2, -0.15) is 4.57 Å². The Morgan fingerprint density at radius 1 is 1.43 bits per heavy atom. The Bertz CT molecular complexity index is 302. The summed E-state index contributed by atoms with van der Waals surface area (Å²) in [5, 5.41) is 0. The molecule has 3 nitrogen and oxygen atoms in total. The molecule has 1 aromatic rings. The second-order valence-corrected chi connectivity index (χ2v) is 2.59. The van der Waals surface area contributed by atoms with Crippen molar-refractivity contribution in [1.82, 2.24) is 0 Å². The molecule has 14 heavy (non-hydrogen) atoms. The normalized spacial score (nSPS) is 9.00. The molecule has 1 rings (SSSR count). The van der Waals surface area contributed by atoms with Crippen molar-refractivity contribution in [3.05, 3.63) is 30.1 Å². The fourth-order valence-electron chi connectivity index (χ4n) is 1.14. The van der Waals surface area contributed by atoms with Gasteiger partial charge in [-0.15, -0.1) is 0 Å². The summed E-state index contributed by atoms with van der Waals surface area (Å²) in [7, 11) is 0. The highest BCUT2D eigenvalue weighted by Crippen LogP contribution is 1.94. The molecule has 0 radical (unpaired) electrons. The van der Waals surface area contributed by atoms with Crippen LogP contribution in [0.25, 0.3) is 0 Å². The maximum absolute atomic E-state index is 11.4. The minimum Gasteiger partial charge on any atom is -1.00 e. The Morgan fingerprint density at radius 3 is 2.71 bits per heavy atom. The molecule has 4 heteroatoms. The molecule has 0 saturated heterocycles. The summed E-state index contributed by atoms with van der Waals surface area (Å²) in [5.74, 6) is -0.259. The van der Waals surface area contributed by atoms with Crippen LogP contribution in [0.3, 0.4) is 0 Å². The quantitative estimate of drug-likeness (QED) is 0.374. The Balaban J connectivity index is 0.00000169. The van der Waals surface area contributed by atoms with Gasteiger partial charge in [0.05, 0.1) is 6.61 Å². The topological polar surface area (TPSA) is 30.2 Å². The van der Waals surface area contributed by atoms with Gasteiger partial charge in [0.15, 0.2) is 6.20 Å². The molecule has 0 spiro atoms. The van der Waals surface area contributed by atoms with Gasteiger partial charge >= 0.3 is 5.97 Å². The Morgan fingerprint density at radius 2 is 2.14 bits per heavy atom. The third kappa shape index (κ3) is 3.25. The van der Waals surface area contributed by atoms with Crippen molar-refractivity contribution >= 4 is 5.97 Å². The third-order valence-corrected chi connectivity index (χ3v) is 1.77. The predicted octanol–water partition coefficient (Wildman–Crippen LogP) is -1.83. The largest absolute Gasteiger partial charge is 1.00 e. The molecule has 0 aliphatic rings. The number of hydrogen-bond donors (Lipinski definition) is 0. The van der Waals surface area contributed by atoms with Gasteiger partial charge in [-0.1, -0.05) is 0 Å². The summed E-state index contributed by atoms with van der Waals surface area (Å²) < 4.78 is 6.77. The zero-order valence-electron chi connectivity index (χ0n) is 8.37. The van der Waals surface area contributed by atoms with Gasteiger partial charge in [-0.05, 0) is 19.9 Å². The number of ether oxygens (including phenoxy) is 1. The number of halogens is 1. The van der Waals surface area contributed by atoms with Gasteiger partial charge in [-0.25, -0.2) is 4.79 Å². The number of pyridine rings is 1. The van der Waals surface area contributed by atoms with Gasteiger partial charge in [0.2, 0.25) is 0 Å². The molecule has 0 aromatic carbocycles. The molecular weight excluding hydrogens is 293 g/mol. The van der Waals surface area contributed by atoms with E-state index in [1.165, 1.54) is 0 Å². The molecule has 78 valence electrons. The average Bonchev–Trinajstić information content (AvgIpc) is 2.18. The van der Waals surface area contributed by atoms with E-state index in [2.05, 4.69) is 0 Å². The van der Waals surface area contributed by atoms with Gasteiger partial charge in [-0.3, -0.25) is 0 Å². The highest BCUT2D eigenvalue weighted by Gasteiger charge is 2.17. The van der Waals surface area contributed by atoms with Crippen molar-refractivity contribution in [2.45, 2.75) is 20.4 Å². The lowest BCUT2D eigenvalue weighted by atomic mass is 10.3. The van der Waals surface area contributed by atoms with Crippen molar-refractivity contribution in [3.63, 3.8) is 0 Å². The Labute approximate surface area is 101 Å². The molecule has 0 aliphatic heterocycles. The van der Waals surface area contributed by atoms with Crippen LogP contribution in [0, 0.1) is 0 Å². The number of aryl methyl sites for hydroxylation is 1. The number of carbonyl (C=O) groups is 1. The van der Waals surface area contributed by atoms with E-state index in [9.17, 15) is 4.79 Å². The lowest BCUT2D eigenvalue weighted by Gasteiger charge is -2.00. The van der Waals surface area contributed by atoms with Crippen LogP contribution >= 0.6 is 0 Å². The number of carbonyl (C=O) groups excluding carboxylic acids is 1. The first-order chi connectivity index (χ1) is 6.29. The SMILES string of the molecule is CCOC(=O)c1cccc[n+]1CC.[I-]. The molecule has 0 saturated carbocycles. The maximum Gasteiger partial charge on any atom is 0.403 e. The molecule has 1 aromatic heterocycles. The molecule has 0 atom stereocenters. The molecule has 1 heterocycles. The molecule has 0 aliphatic carbocycles. The maximum atomic E-state index is 11.4. The van der Waals surface area contributed by atoms with Crippen LogP contribution in [0.5, 0.6) is 0 Å². The molecular formula is C10H14INO2. The first-order valence-corrected chi connectivity index (χ1v) is 4.45. The number of rotatable bonds is 3. The zero-order chi connectivity index (χ0) is 9.68. The van der Waals surface area contributed by atoms with Crippen LogP contribution in [0.2, 0.25) is 0 Å². The lowest BCUT2D eigenvalue weighted by Crippen LogP contribution is -3.00. The van der Waals surface area contributed by atoms with E-state index in [1.807, 2.05) is 29.8 Å². The van der Waals surface area contributed by atoms with Crippen LogP contribution in [0.4, 0.5) is 0 Å². The number of hydrogen-bond acceptors (Lipinski definition) is 2. The molecule has 0 N–H and O–H groups in total. The zero-order valence-corrected chi connectivity index (χ0v) is 10.5. The number of esters is 1. The molecule has 0 fully saturated rings. The second kappa shape index (κ2) is 6.75. The summed E-state index contributed by atoms with van der Waals surface area (Å²) in [4.78, 5) is 11.4. The fraction of sp³-hybridized carbons (Fsp3) is 0.400. The molecule has 0 unspecified atom stereocenters. The highest BCUT2D eigenvalue weighted by atomic mass is 127. The minimum atomic E-state index is -0.259. The Hall–Kier alpha value is -0.650. The van der Waals surface area contributed by atoms with Crippen molar-refractivity contribution in [2.75, 3.05) is 6.61 Å². The summed E-state index contributed by atoms with van der Waals surface area (Å²) in [6, 6.07) is 5.49. The van der Waals surface area contributed by atoms with Crippen LogP contribution in [-0.2, 0) is 11.3 Å². The molecule has 0 amide bonds. The second-order valence-electron chi connectivity index (χ2n) is 2.59.